The van der Waals surface area contributed by atoms with E-state index in [9.17, 15) is 9.59 Å². The molecule has 1 heterocycles. The average molecular weight is 346 g/mol. The van der Waals surface area contributed by atoms with E-state index in [1.54, 1.807) is 0 Å². The molecular weight excluding hydrogens is 320 g/mol. The summed E-state index contributed by atoms with van der Waals surface area (Å²) in [6.07, 6.45) is 1.26. The Labute approximate surface area is 148 Å². The zero-order valence-electron chi connectivity index (χ0n) is 15.1. The van der Waals surface area contributed by atoms with E-state index in [-0.39, 0.29) is 29.9 Å². The lowest BCUT2D eigenvalue weighted by Gasteiger charge is -2.26. The summed E-state index contributed by atoms with van der Waals surface area (Å²) >= 11 is 0. The van der Waals surface area contributed by atoms with Gasteiger partial charge in [0.15, 0.2) is 11.5 Å². The third-order valence-electron chi connectivity index (χ3n) is 4.98. The molecule has 1 aliphatic carbocycles. The number of hydrogen-bond acceptors (Lipinski definition) is 4. The highest BCUT2D eigenvalue weighted by molar-refractivity contribution is 5.82. The number of carbonyl (C=O) groups excluding carboxylic acids is 2. The Bertz CT molecular complexity index is 671. The Balaban J connectivity index is 1.43. The molecule has 3 rings (SSSR count). The van der Waals surface area contributed by atoms with Gasteiger partial charge in [0.25, 0.3) is 0 Å². The Morgan fingerprint density at radius 2 is 1.92 bits per heavy atom. The fourth-order valence-electron chi connectivity index (χ4n) is 2.95. The first kappa shape index (κ1) is 17.6. The highest BCUT2D eigenvalue weighted by atomic mass is 16.7. The molecule has 0 saturated heterocycles. The maximum Gasteiger partial charge on any atom is 0.231 e. The first-order valence-corrected chi connectivity index (χ1v) is 8.81. The molecule has 2 N–H and O–H groups in total. The molecule has 0 spiro atoms. The standard InChI is InChI=1S/C19H26N2O4/c1-12-8-14(12)18(23)20-7-6-17(22)21-10-19(2,3)13-4-5-15-16(9-13)25-11-24-15/h4-5,9,12,14H,6-8,10-11H2,1-3H3,(H,20,23)(H,21,22)/t12-,14+/m1/s1. The van der Waals surface area contributed by atoms with Gasteiger partial charge >= 0.3 is 0 Å². The minimum absolute atomic E-state index is 0.0574. The molecule has 25 heavy (non-hydrogen) atoms. The Hall–Kier alpha value is -2.24. The van der Waals surface area contributed by atoms with Crippen molar-refractivity contribution < 1.29 is 19.1 Å². The Kier molecular flexibility index (Phi) is 4.88. The van der Waals surface area contributed by atoms with Crippen molar-refractivity contribution >= 4 is 11.8 Å². The van der Waals surface area contributed by atoms with Crippen LogP contribution in [0.5, 0.6) is 11.5 Å². The largest absolute Gasteiger partial charge is 0.454 e. The summed E-state index contributed by atoms with van der Waals surface area (Å²) in [6, 6.07) is 5.86. The van der Waals surface area contributed by atoms with Crippen molar-refractivity contribution in [3.05, 3.63) is 23.8 Å². The second-order valence-electron chi connectivity index (χ2n) is 7.59. The molecule has 6 heteroatoms. The van der Waals surface area contributed by atoms with Gasteiger partial charge in [0.1, 0.15) is 0 Å². The molecule has 136 valence electrons. The van der Waals surface area contributed by atoms with Gasteiger partial charge in [-0.3, -0.25) is 9.59 Å². The van der Waals surface area contributed by atoms with Crippen LogP contribution in [-0.4, -0.2) is 31.7 Å². The first-order valence-electron chi connectivity index (χ1n) is 8.81. The monoisotopic (exact) mass is 346 g/mol. The van der Waals surface area contributed by atoms with Gasteiger partial charge in [-0.2, -0.15) is 0 Å². The Morgan fingerprint density at radius 1 is 1.20 bits per heavy atom. The number of rotatable bonds is 7. The van der Waals surface area contributed by atoms with Crippen LogP contribution >= 0.6 is 0 Å². The van der Waals surface area contributed by atoms with Crippen LogP contribution in [0.4, 0.5) is 0 Å². The molecule has 6 nitrogen and oxygen atoms in total. The van der Waals surface area contributed by atoms with E-state index in [0.717, 1.165) is 23.5 Å². The van der Waals surface area contributed by atoms with Crippen LogP contribution in [0.2, 0.25) is 0 Å². The normalized spacial score (nSPS) is 20.9. The SMILES string of the molecule is C[C@@H]1C[C@@H]1C(=O)NCCC(=O)NCC(C)(C)c1ccc2c(c1)OCO2. The summed E-state index contributed by atoms with van der Waals surface area (Å²) in [5.41, 5.74) is 0.844. The third kappa shape index (κ3) is 4.24. The molecular formula is C19H26N2O4. The van der Waals surface area contributed by atoms with Gasteiger partial charge in [-0.05, 0) is 30.0 Å². The summed E-state index contributed by atoms with van der Waals surface area (Å²) < 4.78 is 10.7. The number of fused-ring (bicyclic) bond motifs is 1. The zero-order chi connectivity index (χ0) is 18.0. The van der Waals surface area contributed by atoms with E-state index in [4.69, 9.17) is 9.47 Å². The molecule has 0 aromatic heterocycles. The summed E-state index contributed by atoms with van der Waals surface area (Å²) in [7, 11) is 0. The number of amides is 2. The summed E-state index contributed by atoms with van der Waals surface area (Å²) in [5.74, 6) is 2.14. The van der Waals surface area contributed by atoms with Crippen molar-refractivity contribution in [2.45, 2.75) is 39.0 Å². The Morgan fingerprint density at radius 3 is 2.64 bits per heavy atom. The lowest BCUT2D eigenvalue weighted by molar-refractivity contribution is -0.123. The molecule has 1 aliphatic heterocycles. The fraction of sp³-hybridized carbons (Fsp3) is 0.579. The van der Waals surface area contributed by atoms with Crippen molar-refractivity contribution in [1.82, 2.24) is 10.6 Å². The van der Waals surface area contributed by atoms with E-state index in [2.05, 4.69) is 31.4 Å². The number of hydrogen-bond donors (Lipinski definition) is 2. The summed E-state index contributed by atoms with van der Waals surface area (Å²) in [5, 5.41) is 5.79. The molecule has 1 aromatic rings. The van der Waals surface area contributed by atoms with Crippen LogP contribution < -0.4 is 20.1 Å². The van der Waals surface area contributed by atoms with Gasteiger partial charge < -0.3 is 20.1 Å². The van der Waals surface area contributed by atoms with Crippen molar-refractivity contribution in [2.24, 2.45) is 11.8 Å². The van der Waals surface area contributed by atoms with Crippen LogP contribution in [0.25, 0.3) is 0 Å². The molecule has 0 radical (unpaired) electrons. The molecule has 0 unspecified atom stereocenters. The van der Waals surface area contributed by atoms with Gasteiger partial charge in [0.05, 0.1) is 0 Å². The molecule has 2 amide bonds. The molecule has 1 fully saturated rings. The van der Waals surface area contributed by atoms with Gasteiger partial charge in [0, 0.05) is 30.8 Å². The van der Waals surface area contributed by atoms with E-state index >= 15 is 0 Å². The van der Waals surface area contributed by atoms with Crippen molar-refractivity contribution in [3.63, 3.8) is 0 Å². The van der Waals surface area contributed by atoms with E-state index in [0.29, 0.717) is 25.4 Å². The predicted molar refractivity (Wildman–Crippen MR) is 93.5 cm³/mol. The summed E-state index contributed by atoms with van der Waals surface area (Å²) in [6.45, 7) is 7.36. The fourth-order valence-corrected chi connectivity index (χ4v) is 2.95. The van der Waals surface area contributed by atoms with Crippen LogP contribution in [0.15, 0.2) is 18.2 Å². The lowest BCUT2D eigenvalue weighted by atomic mass is 9.84. The van der Waals surface area contributed by atoms with Gasteiger partial charge in [0.2, 0.25) is 18.6 Å². The van der Waals surface area contributed by atoms with Gasteiger partial charge in [-0.1, -0.05) is 26.8 Å². The minimum Gasteiger partial charge on any atom is -0.454 e. The number of nitrogens with one attached hydrogen (secondary N) is 2. The van der Waals surface area contributed by atoms with Crippen LogP contribution in [0.1, 0.15) is 39.2 Å². The molecule has 0 bridgehead atoms. The zero-order valence-corrected chi connectivity index (χ0v) is 15.1. The minimum atomic E-state index is -0.233. The summed E-state index contributed by atoms with van der Waals surface area (Å²) in [4.78, 5) is 23.8. The molecule has 1 aromatic carbocycles. The molecule has 1 saturated carbocycles. The maximum atomic E-state index is 12.0. The second-order valence-corrected chi connectivity index (χ2v) is 7.59. The van der Waals surface area contributed by atoms with E-state index in [1.807, 2.05) is 18.2 Å². The van der Waals surface area contributed by atoms with Gasteiger partial charge in [-0.25, -0.2) is 0 Å². The van der Waals surface area contributed by atoms with Crippen LogP contribution in [-0.2, 0) is 15.0 Å². The van der Waals surface area contributed by atoms with Crippen molar-refractivity contribution in [2.75, 3.05) is 19.9 Å². The number of ether oxygens (including phenoxy) is 2. The quantitative estimate of drug-likeness (QED) is 0.791. The topological polar surface area (TPSA) is 76.7 Å². The highest BCUT2D eigenvalue weighted by Gasteiger charge is 2.38. The highest BCUT2D eigenvalue weighted by Crippen LogP contribution is 2.37. The number of carbonyl (C=O) groups is 2. The smallest absolute Gasteiger partial charge is 0.231 e. The van der Waals surface area contributed by atoms with Crippen LogP contribution in [0.3, 0.4) is 0 Å². The first-order chi connectivity index (χ1) is 11.9. The van der Waals surface area contributed by atoms with E-state index < -0.39 is 0 Å². The third-order valence-corrected chi connectivity index (χ3v) is 4.98. The van der Waals surface area contributed by atoms with Crippen LogP contribution in [0, 0.1) is 11.8 Å². The second kappa shape index (κ2) is 6.94. The predicted octanol–water partition coefficient (Wildman–Crippen LogP) is 1.97. The molecule has 2 atom stereocenters. The van der Waals surface area contributed by atoms with Crippen molar-refractivity contribution in [3.8, 4) is 11.5 Å². The maximum absolute atomic E-state index is 12.0. The average Bonchev–Trinajstić information content (AvgIpc) is 3.12. The van der Waals surface area contributed by atoms with Gasteiger partial charge in [-0.15, -0.1) is 0 Å². The van der Waals surface area contributed by atoms with E-state index in [1.165, 1.54) is 0 Å². The van der Waals surface area contributed by atoms with Crippen molar-refractivity contribution in [1.29, 1.82) is 0 Å². The molecule has 2 aliphatic rings. The lowest BCUT2D eigenvalue weighted by Crippen LogP contribution is -2.38. The number of benzene rings is 1.